The molecule has 0 aliphatic heterocycles. The van der Waals surface area contributed by atoms with Crippen LogP contribution in [-0.4, -0.2) is 22.4 Å². The molecule has 2 unspecified atom stereocenters. The zero-order chi connectivity index (χ0) is 9.14. The van der Waals surface area contributed by atoms with Crippen LogP contribution in [0.2, 0.25) is 0 Å². The molecule has 2 N–H and O–H groups in total. The van der Waals surface area contributed by atoms with Crippen LogP contribution in [0.1, 0.15) is 32.6 Å². The van der Waals surface area contributed by atoms with Crippen LogP contribution in [0.15, 0.2) is 12.2 Å². The summed E-state index contributed by atoms with van der Waals surface area (Å²) in [6.07, 6.45) is 2.45. The lowest BCUT2D eigenvalue weighted by Crippen LogP contribution is -2.27. The third kappa shape index (κ3) is 2.61. The molecule has 12 heavy (non-hydrogen) atoms. The van der Waals surface area contributed by atoms with Gasteiger partial charge in [-0.3, -0.25) is 0 Å². The molecule has 1 saturated carbocycles. The highest BCUT2D eigenvalue weighted by Gasteiger charge is 2.34. The average Bonchev–Trinajstić information content (AvgIpc) is 2.85. The first kappa shape index (κ1) is 9.75. The zero-order valence-corrected chi connectivity index (χ0v) is 7.66. The van der Waals surface area contributed by atoms with E-state index >= 15 is 0 Å². The molecule has 0 amide bonds. The molecule has 0 heterocycles. The predicted octanol–water partition coefficient (Wildman–Crippen LogP) is 1.47. The molecule has 0 saturated heterocycles. The van der Waals surface area contributed by atoms with Crippen molar-refractivity contribution in [2.24, 2.45) is 5.92 Å². The van der Waals surface area contributed by atoms with Crippen molar-refractivity contribution in [1.82, 2.24) is 0 Å². The van der Waals surface area contributed by atoms with Crippen molar-refractivity contribution in [1.29, 1.82) is 0 Å². The van der Waals surface area contributed by atoms with Crippen molar-refractivity contribution < 1.29 is 10.2 Å². The van der Waals surface area contributed by atoms with Gasteiger partial charge in [0.1, 0.15) is 0 Å². The second-order valence-corrected chi connectivity index (χ2v) is 3.70. The number of aliphatic hydroxyl groups is 2. The summed E-state index contributed by atoms with van der Waals surface area (Å²) in [5.74, 6) is 0.352. The molecule has 1 aliphatic carbocycles. The van der Waals surface area contributed by atoms with Gasteiger partial charge in [-0.05, 0) is 31.6 Å². The van der Waals surface area contributed by atoms with Crippen molar-refractivity contribution in [2.75, 3.05) is 0 Å². The predicted molar refractivity (Wildman–Crippen MR) is 48.8 cm³/mol. The Morgan fingerprint density at radius 3 is 2.50 bits per heavy atom. The highest BCUT2D eigenvalue weighted by molar-refractivity contribution is 4.98. The van der Waals surface area contributed by atoms with Crippen LogP contribution in [0, 0.1) is 5.92 Å². The van der Waals surface area contributed by atoms with Gasteiger partial charge in [0.15, 0.2) is 0 Å². The second-order valence-electron chi connectivity index (χ2n) is 3.70. The van der Waals surface area contributed by atoms with Crippen LogP contribution >= 0.6 is 0 Å². The third-order valence-electron chi connectivity index (χ3n) is 2.50. The molecular weight excluding hydrogens is 152 g/mol. The summed E-state index contributed by atoms with van der Waals surface area (Å²) in [6, 6.07) is 0. The topological polar surface area (TPSA) is 40.5 Å². The lowest BCUT2D eigenvalue weighted by Gasteiger charge is -2.17. The monoisotopic (exact) mass is 170 g/mol. The molecule has 1 rings (SSSR count). The minimum atomic E-state index is -0.593. The van der Waals surface area contributed by atoms with E-state index in [2.05, 4.69) is 6.58 Å². The van der Waals surface area contributed by atoms with E-state index in [-0.39, 0.29) is 0 Å². The minimum Gasteiger partial charge on any atom is -0.390 e. The maximum atomic E-state index is 9.52. The van der Waals surface area contributed by atoms with E-state index in [4.69, 9.17) is 0 Å². The fourth-order valence-electron chi connectivity index (χ4n) is 1.31. The summed E-state index contributed by atoms with van der Waals surface area (Å²) in [4.78, 5) is 0. The van der Waals surface area contributed by atoms with Crippen molar-refractivity contribution in [2.45, 2.75) is 44.8 Å². The molecule has 0 aromatic heterocycles. The molecule has 2 nitrogen and oxygen atoms in total. The molecule has 2 atom stereocenters. The Morgan fingerprint density at radius 2 is 2.08 bits per heavy atom. The van der Waals surface area contributed by atoms with E-state index in [0.717, 1.165) is 24.8 Å². The van der Waals surface area contributed by atoms with Crippen LogP contribution in [-0.2, 0) is 0 Å². The second kappa shape index (κ2) is 4.06. The van der Waals surface area contributed by atoms with E-state index in [1.807, 2.05) is 6.92 Å². The van der Waals surface area contributed by atoms with Gasteiger partial charge in [0.05, 0.1) is 12.2 Å². The summed E-state index contributed by atoms with van der Waals surface area (Å²) in [5.41, 5.74) is 1.02. The van der Waals surface area contributed by atoms with Crippen molar-refractivity contribution in [3.05, 3.63) is 12.2 Å². The molecule has 0 aromatic rings. The normalized spacial score (nSPS) is 21.9. The van der Waals surface area contributed by atoms with Crippen molar-refractivity contribution in [3.8, 4) is 0 Å². The van der Waals surface area contributed by atoms with Crippen molar-refractivity contribution >= 4 is 0 Å². The summed E-state index contributed by atoms with van der Waals surface area (Å²) >= 11 is 0. The quantitative estimate of drug-likeness (QED) is 0.613. The summed E-state index contributed by atoms with van der Waals surface area (Å²) in [7, 11) is 0. The summed E-state index contributed by atoms with van der Waals surface area (Å²) in [5, 5.41) is 19.0. The zero-order valence-electron chi connectivity index (χ0n) is 7.66. The Kier molecular flexibility index (Phi) is 3.29. The Morgan fingerprint density at radius 1 is 1.50 bits per heavy atom. The first-order valence-corrected chi connectivity index (χ1v) is 4.68. The summed E-state index contributed by atoms with van der Waals surface area (Å²) in [6.45, 7) is 5.82. The molecule has 2 heteroatoms. The standard InChI is InChI=1S/C10H18O2/c1-3-7(2)6-9(11)10(12)8-4-5-8/h8-12H,2-6H2,1H3. The number of hydrogen-bond donors (Lipinski definition) is 2. The summed E-state index contributed by atoms with van der Waals surface area (Å²) < 4.78 is 0. The fourth-order valence-corrected chi connectivity index (χ4v) is 1.31. The highest BCUT2D eigenvalue weighted by atomic mass is 16.3. The highest BCUT2D eigenvalue weighted by Crippen LogP contribution is 2.35. The van der Waals surface area contributed by atoms with E-state index in [0.29, 0.717) is 12.3 Å². The maximum absolute atomic E-state index is 9.52. The van der Waals surface area contributed by atoms with E-state index < -0.39 is 12.2 Å². The maximum Gasteiger partial charge on any atom is 0.0838 e. The van der Waals surface area contributed by atoms with Gasteiger partial charge < -0.3 is 10.2 Å². The lowest BCUT2D eigenvalue weighted by molar-refractivity contribution is 0.00651. The Balaban J connectivity index is 2.25. The van der Waals surface area contributed by atoms with Crippen LogP contribution < -0.4 is 0 Å². The first-order valence-electron chi connectivity index (χ1n) is 4.68. The lowest BCUT2D eigenvalue weighted by atomic mass is 10.0. The third-order valence-corrected chi connectivity index (χ3v) is 2.50. The molecular formula is C10H18O2. The Hall–Kier alpha value is -0.340. The van der Waals surface area contributed by atoms with Crippen molar-refractivity contribution in [3.63, 3.8) is 0 Å². The van der Waals surface area contributed by atoms with Crippen LogP contribution in [0.3, 0.4) is 0 Å². The average molecular weight is 170 g/mol. The number of aliphatic hydroxyl groups excluding tert-OH is 2. The SMILES string of the molecule is C=C(CC)CC(O)C(O)C1CC1. The molecule has 1 fully saturated rings. The van der Waals surface area contributed by atoms with Crippen LogP contribution in [0.4, 0.5) is 0 Å². The number of hydrogen-bond acceptors (Lipinski definition) is 2. The van der Waals surface area contributed by atoms with Gasteiger partial charge in [0, 0.05) is 0 Å². The van der Waals surface area contributed by atoms with Gasteiger partial charge in [0.2, 0.25) is 0 Å². The Labute approximate surface area is 73.9 Å². The molecule has 0 radical (unpaired) electrons. The van der Waals surface area contributed by atoms with E-state index in [9.17, 15) is 10.2 Å². The fraction of sp³-hybridized carbons (Fsp3) is 0.800. The van der Waals surface area contributed by atoms with Gasteiger partial charge >= 0.3 is 0 Å². The smallest absolute Gasteiger partial charge is 0.0838 e. The van der Waals surface area contributed by atoms with Gasteiger partial charge in [-0.25, -0.2) is 0 Å². The van der Waals surface area contributed by atoms with Crippen LogP contribution in [0.5, 0.6) is 0 Å². The van der Waals surface area contributed by atoms with E-state index in [1.54, 1.807) is 0 Å². The molecule has 0 spiro atoms. The molecule has 1 aliphatic rings. The first-order chi connectivity index (χ1) is 5.65. The van der Waals surface area contributed by atoms with Crippen LogP contribution in [0.25, 0.3) is 0 Å². The molecule has 0 bridgehead atoms. The van der Waals surface area contributed by atoms with Gasteiger partial charge in [0.25, 0.3) is 0 Å². The van der Waals surface area contributed by atoms with E-state index in [1.165, 1.54) is 0 Å². The minimum absolute atomic E-state index is 0.352. The molecule has 70 valence electrons. The molecule has 0 aromatic carbocycles. The van der Waals surface area contributed by atoms with Gasteiger partial charge in [-0.15, -0.1) is 0 Å². The van der Waals surface area contributed by atoms with Gasteiger partial charge in [-0.1, -0.05) is 19.1 Å². The number of rotatable bonds is 5. The Bertz CT molecular complexity index is 161. The largest absolute Gasteiger partial charge is 0.390 e. The van der Waals surface area contributed by atoms with Gasteiger partial charge in [-0.2, -0.15) is 0 Å².